The lowest BCUT2D eigenvalue weighted by atomic mass is 9.95. The highest BCUT2D eigenvalue weighted by Crippen LogP contribution is 2.29. The highest BCUT2D eigenvalue weighted by molar-refractivity contribution is 5.57. The van der Waals surface area contributed by atoms with Crippen molar-refractivity contribution < 1.29 is 24.4 Å². The topological polar surface area (TPSA) is 113 Å². The van der Waals surface area contributed by atoms with Gasteiger partial charge in [0.2, 0.25) is 0 Å². The molecule has 0 radical (unpaired) electrons. The standard InChI is InChI=1S/C15H19FN4O4/c1-17-15-14(23)12(13(22)11(7-21)24-15)20-6-10(18-19-20)8-3-2-4-9(16)5-8/h2-6,11-15,17,21-23H,7H2,1H3. The van der Waals surface area contributed by atoms with Crippen molar-refractivity contribution in [1.82, 2.24) is 20.3 Å². The fraction of sp³-hybridized carbons (Fsp3) is 0.467. The van der Waals surface area contributed by atoms with E-state index in [0.717, 1.165) is 0 Å². The Hall–Kier alpha value is -1.91. The van der Waals surface area contributed by atoms with Crippen molar-refractivity contribution >= 4 is 0 Å². The summed E-state index contributed by atoms with van der Waals surface area (Å²) in [5.74, 6) is -0.399. The molecule has 0 spiro atoms. The van der Waals surface area contributed by atoms with E-state index < -0.39 is 43.0 Å². The fourth-order valence-corrected chi connectivity index (χ4v) is 2.86. The van der Waals surface area contributed by atoms with Gasteiger partial charge in [-0.15, -0.1) is 5.10 Å². The summed E-state index contributed by atoms with van der Waals surface area (Å²) in [5, 5.41) is 40.8. The van der Waals surface area contributed by atoms with Crippen LogP contribution >= 0.6 is 0 Å². The zero-order valence-corrected chi connectivity index (χ0v) is 13.0. The van der Waals surface area contributed by atoms with Crippen LogP contribution in [0.15, 0.2) is 30.5 Å². The smallest absolute Gasteiger partial charge is 0.136 e. The molecule has 1 aromatic heterocycles. The number of rotatable bonds is 4. The van der Waals surface area contributed by atoms with E-state index in [1.165, 1.54) is 23.0 Å². The minimum absolute atomic E-state index is 0.399. The molecule has 5 atom stereocenters. The third-order valence-corrected chi connectivity index (χ3v) is 4.11. The lowest BCUT2D eigenvalue weighted by molar-refractivity contribution is -0.212. The van der Waals surface area contributed by atoms with E-state index in [9.17, 15) is 19.7 Å². The maximum Gasteiger partial charge on any atom is 0.136 e. The molecule has 24 heavy (non-hydrogen) atoms. The molecule has 8 nitrogen and oxygen atoms in total. The molecule has 130 valence electrons. The molecule has 1 fully saturated rings. The normalized spacial score (nSPS) is 30.5. The predicted molar refractivity (Wildman–Crippen MR) is 81.3 cm³/mol. The van der Waals surface area contributed by atoms with E-state index in [2.05, 4.69) is 15.6 Å². The van der Waals surface area contributed by atoms with E-state index in [0.29, 0.717) is 11.3 Å². The van der Waals surface area contributed by atoms with Gasteiger partial charge in [0.15, 0.2) is 0 Å². The van der Waals surface area contributed by atoms with Crippen LogP contribution in [0.25, 0.3) is 11.3 Å². The van der Waals surface area contributed by atoms with Gasteiger partial charge in [0.05, 0.1) is 12.8 Å². The van der Waals surface area contributed by atoms with Crippen molar-refractivity contribution in [2.24, 2.45) is 0 Å². The molecular formula is C15H19FN4O4. The van der Waals surface area contributed by atoms with Gasteiger partial charge in [-0.1, -0.05) is 17.3 Å². The summed E-state index contributed by atoms with van der Waals surface area (Å²) in [5.41, 5.74) is 0.933. The van der Waals surface area contributed by atoms with Crippen molar-refractivity contribution in [2.75, 3.05) is 13.7 Å². The number of likely N-dealkylation sites (N-methyl/N-ethyl adjacent to an activating group) is 1. The second-order valence-electron chi connectivity index (χ2n) is 5.63. The summed E-state index contributed by atoms with van der Waals surface area (Å²) < 4.78 is 20.1. The molecule has 1 aliphatic heterocycles. The minimum Gasteiger partial charge on any atom is -0.394 e. The number of nitrogens with one attached hydrogen (secondary N) is 1. The number of aromatic nitrogens is 3. The van der Waals surface area contributed by atoms with Gasteiger partial charge in [-0.25, -0.2) is 9.07 Å². The largest absolute Gasteiger partial charge is 0.394 e. The van der Waals surface area contributed by atoms with E-state index >= 15 is 0 Å². The highest BCUT2D eigenvalue weighted by Gasteiger charge is 2.45. The van der Waals surface area contributed by atoms with E-state index in [-0.39, 0.29) is 0 Å². The molecule has 9 heteroatoms. The predicted octanol–water partition coefficient (Wildman–Crippen LogP) is -0.716. The first kappa shape index (κ1) is 16.9. The number of hydrogen-bond donors (Lipinski definition) is 4. The molecule has 1 saturated heterocycles. The molecule has 1 aromatic carbocycles. The molecule has 0 aliphatic carbocycles. The third kappa shape index (κ3) is 3.04. The van der Waals surface area contributed by atoms with Crippen LogP contribution in [0.2, 0.25) is 0 Å². The number of benzene rings is 1. The number of aliphatic hydroxyl groups is 3. The average molecular weight is 338 g/mol. The average Bonchev–Trinajstić information content (AvgIpc) is 3.05. The van der Waals surface area contributed by atoms with Gasteiger partial charge in [0, 0.05) is 5.56 Å². The number of ether oxygens (including phenoxy) is 1. The summed E-state index contributed by atoms with van der Waals surface area (Å²) >= 11 is 0. The van der Waals surface area contributed by atoms with Crippen LogP contribution < -0.4 is 5.32 Å². The summed E-state index contributed by atoms with van der Waals surface area (Å²) in [6, 6.07) is 5.01. The molecule has 1 aliphatic rings. The zero-order chi connectivity index (χ0) is 17.3. The lowest BCUT2D eigenvalue weighted by Crippen LogP contribution is -2.59. The Labute approximate surface area is 137 Å². The molecule has 2 aromatic rings. The Morgan fingerprint density at radius 3 is 2.79 bits per heavy atom. The minimum atomic E-state index is -1.18. The SMILES string of the molecule is CNC1OC(CO)C(O)C(n2cc(-c3cccc(F)c3)nn2)C1O. The highest BCUT2D eigenvalue weighted by atomic mass is 19.1. The first-order valence-electron chi connectivity index (χ1n) is 7.52. The van der Waals surface area contributed by atoms with Crippen LogP contribution in [-0.4, -0.2) is 68.5 Å². The quantitative estimate of drug-likeness (QED) is 0.582. The summed E-state index contributed by atoms with van der Waals surface area (Å²) in [4.78, 5) is 0. The molecule has 5 unspecified atom stereocenters. The van der Waals surface area contributed by atoms with Gasteiger partial charge in [0.25, 0.3) is 0 Å². The molecular weight excluding hydrogens is 319 g/mol. The van der Waals surface area contributed by atoms with Gasteiger partial charge in [-0.2, -0.15) is 0 Å². The zero-order valence-electron chi connectivity index (χ0n) is 13.0. The lowest BCUT2D eigenvalue weighted by Gasteiger charge is -2.41. The molecule has 0 bridgehead atoms. The van der Waals surface area contributed by atoms with Crippen LogP contribution in [-0.2, 0) is 4.74 Å². The van der Waals surface area contributed by atoms with E-state index in [4.69, 9.17) is 4.74 Å². The Bertz CT molecular complexity index is 682. The number of hydrogen-bond acceptors (Lipinski definition) is 7. The Morgan fingerprint density at radius 2 is 2.12 bits per heavy atom. The number of aliphatic hydroxyl groups excluding tert-OH is 3. The first-order valence-corrected chi connectivity index (χ1v) is 7.52. The van der Waals surface area contributed by atoms with Gasteiger partial charge in [-0.3, -0.25) is 5.32 Å². The van der Waals surface area contributed by atoms with Crippen molar-refractivity contribution in [3.8, 4) is 11.3 Å². The molecule has 4 N–H and O–H groups in total. The van der Waals surface area contributed by atoms with Crippen LogP contribution in [0.3, 0.4) is 0 Å². The van der Waals surface area contributed by atoms with Crippen molar-refractivity contribution in [3.63, 3.8) is 0 Å². The van der Waals surface area contributed by atoms with Gasteiger partial charge < -0.3 is 20.1 Å². The molecule has 0 saturated carbocycles. The van der Waals surface area contributed by atoms with Gasteiger partial charge >= 0.3 is 0 Å². The van der Waals surface area contributed by atoms with Crippen LogP contribution in [0.1, 0.15) is 6.04 Å². The summed E-state index contributed by atoms with van der Waals surface area (Å²) in [6.07, 6.45) is -2.44. The van der Waals surface area contributed by atoms with Gasteiger partial charge in [0.1, 0.15) is 42.1 Å². The number of halogens is 1. The van der Waals surface area contributed by atoms with Gasteiger partial charge in [-0.05, 0) is 19.2 Å². The monoisotopic (exact) mass is 338 g/mol. The Kier molecular flexibility index (Phi) is 4.88. The van der Waals surface area contributed by atoms with Crippen molar-refractivity contribution in [3.05, 3.63) is 36.3 Å². The second kappa shape index (κ2) is 6.91. The van der Waals surface area contributed by atoms with Crippen LogP contribution in [0.4, 0.5) is 4.39 Å². The van der Waals surface area contributed by atoms with E-state index in [1.807, 2.05) is 0 Å². The summed E-state index contributed by atoms with van der Waals surface area (Å²) in [6.45, 7) is -0.409. The maximum absolute atomic E-state index is 13.3. The third-order valence-electron chi connectivity index (χ3n) is 4.11. The second-order valence-corrected chi connectivity index (χ2v) is 5.63. The first-order chi connectivity index (χ1) is 11.5. The molecule has 3 rings (SSSR count). The maximum atomic E-state index is 13.3. The number of nitrogens with zero attached hydrogens (tertiary/aromatic N) is 3. The van der Waals surface area contributed by atoms with Crippen LogP contribution in [0.5, 0.6) is 0 Å². The molecule has 0 amide bonds. The fourth-order valence-electron chi connectivity index (χ4n) is 2.86. The Morgan fingerprint density at radius 1 is 1.33 bits per heavy atom. The van der Waals surface area contributed by atoms with Crippen molar-refractivity contribution in [1.29, 1.82) is 0 Å². The Balaban J connectivity index is 1.92. The molecule has 2 heterocycles. The van der Waals surface area contributed by atoms with Crippen LogP contribution in [0, 0.1) is 5.82 Å². The van der Waals surface area contributed by atoms with Crippen molar-refractivity contribution in [2.45, 2.75) is 30.6 Å². The van der Waals surface area contributed by atoms with E-state index in [1.54, 1.807) is 19.2 Å². The summed E-state index contributed by atoms with van der Waals surface area (Å²) in [7, 11) is 1.59.